The van der Waals surface area contributed by atoms with Crippen LogP contribution < -0.4 is 14.6 Å². The van der Waals surface area contributed by atoms with E-state index in [1.54, 1.807) is 48.2 Å². The summed E-state index contributed by atoms with van der Waals surface area (Å²) in [7, 11) is -1.75. The molecule has 8 nitrogen and oxygen atoms in total. The van der Waals surface area contributed by atoms with Crippen molar-refractivity contribution >= 4 is 33.0 Å². The molecule has 0 aliphatic carbocycles. The molecule has 0 amide bonds. The molecular weight excluding hydrogens is 418 g/mol. The zero-order chi connectivity index (χ0) is 22.2. The Morgan fingerprint density at radius 1 is 1.03 bits per heavy atom. The van der Waals surface area contributed by atoms with Crippen LogP contribution in [0, 0.1) is 6.92 Å². The molecule has 2 heterocycles. The van der Waals surface area contributed by atoms with Crippen LogP contribution in [0.25, 0.3) is 0 Å². The molecule has 9 heteroatoms. The molecular formula is C22H25N3O5S. The number of hydrazone groups is 1. The van der Waals surface area contributed by atoms with Gasteiger partial charge in [0.25, 0.3) is 0 Å². The fraction of sp³-hybridized carbons (Fsp3) is 0.364. The SMILES string of the molecule is CCOC(=O)C1=NN(c2ccc(OC)cc2)[C@H]2CS(=O)(=O)C[C@@H]2N1c1ccc(C)cc1. The number of fused-ring (bicyclic) bond motifs is 1. The molecule has 164 valence electrons. The maximum atomic E-state index is 12.9. The molecule has 0 aromatic heterocycles. The van der Waals surface area contributed by atoms with Gasteiger partial charge in [-0.05, 0) is 50.2 Å². The van der Waals surface area contributed by atoms with Crippen molar-refractivity contribution in [2.24, 2.45) is 5.10 Å². The lowest BCUT2D eigenvalue weighted by Gasteiger charge is -2.42. The van der Waals surface area contributed by atoms with Crippen LogP contribution in [-0.2, 0) is 19.4 Å². The van der Waals surface area contributed by atoms with Crippen molar-refractivity contribution in [3.63, 3.8) is 0 Å². The van der Waals surface area contributed by atoms with Crippen molar-refractivity contribution in [1.29, 1.82) is 0 Å². The molecule has 2 aromatic carbocycles. The van der Waals surface area contributed by atoms with Gasteiger partial charge in [0.15, 0.2) is 9.84 Å². The minimum absolute atomic E-state index is 0.0499. The van der Waals surface area contributed by atoms with Gasteiger partial charge in [0.05, 0.1) is 43.0 Å². The number of nitrogens with zero attached hydrogens (tertiary/aromatic N) is 3. The average Bonchev–Trinajstić information content (AvgIpc) is 3.08. The molecule has 2 aliphatic heterocycles. The molecule has 1 fully saturated rings. The van der Waals surface area contributed by atoms with Gasteiger partial charge in [0.2, 0.25) is 5.84 Å². The van der Waals surface area contributed by atoms with E-state index in [4.69, 9.17) is 9.47 Å². The smallest absolute Gasteiger partial charge is 0.376 e. The molecule has 0 radical (unpaired) electrons. The molecule has 4 rings (SSSR count). The summed E-state index contributed by atoms with van der Waals surface area (Å²) < 4.78 is 35.8. The number of aryl methyl sites for hydroxylation is 1. The van der Waals surface area contributed by atoms with Gasteiger partial charge in [-0.3, -0.25) is 5.01 Å². The number of amidine groups is 1. The van der Waals surface area contributed by atoms with E-state index in [-0.39, 0.29) is 23.9 Å². The second-order valence-electron chi connectivity index (χ2n) is 7.60. The van der Waals surface area contributed by atoms with Crippen LogP contribution in [0.4, 0.5) is 11.4 Å². The Balaban J connectivity index is 1.86. The Hall–Kier alpha value is -3.07. The zero-order valence-electron chi connectivity index (χ0n) is 17.7. The van der Waals surface area contributed by atoms with Crippen LogP contribution in [0.1, 0.15) is 12.5 Å². The zero-order valence-corrected chi connectivity index (χ0v) is 18.5. The van der Waals surface area contributed by atoms with Gasteiger partial charge in [-0.15, -0.1) is 5.10 Å². The van der Waals surface area contributed by atoms with Crippen LogP contribution in [0.15, 0.2) is 53.6 Å². The Morgan fingerprint density at radius 3 is 2.26 bits per heavy atom. The third-order valence-electron chi connectivity index (χ3n) is 5.48. The first-order chi connectivity index (χ1) is 14.8. The number of anilines is 2. The summed E-state index contributed by atoms with van der Waals surface area (Å²) in [6.45, 7) is 3.88. The number of hydrogen-bond donors (Lipinski definition) is 0. The Kier molecular flexibility index (Phi) is 5.62. The largest absolute Gasteiger partial charge is 0.497 e. The molecule has 0 saturated carbocycles. The standard InChI is InChI=1S/C22H25N3O5S/c1-4-30-22(26)21-23-25(17-9-11-18(29-3)12-10-17)20-14-31(27,28)13-19(20)24(21)16-7-5-15(2)6-8-16/h5-12,19-20H,4,13-14H2,1-3H3/t19-,20-/m0/s1. The third kappa shape index (κ3) is 4.10. The van der Waals surface area contributed by atoms with Gasteiger partial charge in [0, 0.05) is 5.69 Å². The maximum absolute atomic E-state index is 12.9. The van der Waals surface area contributed by atoms with Crippen molar-refractivity contribution < 1.29 is 22.7 Å². The summed E-state index contributed by atoms with van der Waals surface area (Å²) in [5, 5.41) is 6.24. The molecule has 0 unspecified atom stereocenters. The van der Waals surface area contributed by atoms with Gasteiger partial charge in [-0.2, -0.15) is 0 Å². The number of rotatable bonds is 5. The van der Waals surface area contributed by atoms with Crippen LogP contribution in [-0.4, -0.2) is 57.5 Å². The van der Waals surface area contributed by atoms with Gasteiger partial charge >= 0.3 is 5.97 Å². The van der Waals surface area contributed by atoms with Crippen LogP contribution >= 0.6 is 0 Å². The number of hydrogen-bond acceptors (Lipinski definition) is 8. The Labute approximate surface area is 182 Å². The summed E-state index contributed by atoms with van der Waals surface area (Å²) in [5.74, 6) is 0.0267. The van der Waals surface area contributed by atoms with E-state index in [9.17, 15) is 13.2 Å². The monoisotopic (exact) mass is 443 g/mol. The predicted molar refractivity (Wildman–Crippen MR) is 119 cm³/mol. The number of methoxy groups -OCH3 is 1. The molecule has 2 aromatic rings. The minimum atomic E-state index is -3.33. The van der Waals surface area contributed by atoms with Crippen molar-refractivity contribution in [3.8, 4) is 5.75 Å². The second-order valence-corrected chi connectivity index (χ2v) is 9.76. The molecule has 2 atom stereocenters. The lowest BCUT2D eigenvalue weighted by molar-refractivity contribution is -0.135. The fourth-order valence-corrected chi connectivity index (χ4v) is 5.92. The van der Waals surface area contributed by atoms with Crippen molar-refractivity contribution in [2.75, 3.05) is 35.1 Å². The van der Waals surface area contributed by atoms with E-state index in [1.165, 1.54) is 0 Å². The Morgan fingerprint density at radius 2 is 1.65 bits per heavy atom. The van der Waals surface area contributed by atoms with E-state index < -0.39 is 27.9 Å². The van der Waals surface area contributed by atoms with Gasteiger partial charge < -0.3 is 14.4 Å². The molecule has 31 heavy (non-hydrogen) atoms. The summed E-state index contributed by atoms with van der Waals surface area (Å²) in [4.78, 5) is 14.6. The quantitative estimate of drug-likeness (QED) is 0.656. The van der Waals surface area contributed by atoms with Gasteiger partial charge in [-0.25, -0.2) is 13.2 Å². The van der Waals surface area contributed by atoms with Crippen LogP contribution in [0.2, 0.25) is 0 Å². The highest BCUT2D eigenvalue weighted by atomic mass is 32.2. The number of sulfone groups is 1. The summed E-state index contributed by atoms with van der Waals surface area (Å²) >= 11 is 0. The van der Waals surface area contributed by atoms with Gasteiger partial charge in [0.1, 0.15) is 5.75 Å². The number of ether oxygens (including phenoxy) is 2. The fourth-order valence-electron chi connectivity index (χ4n) is 4.01. The lowest BCUT2D eigenvalue weighted by Crippen LogP contribution is -2.59. The molecule has 2 aliphatic rings. The van der Waals surface area contributed by atoms with E-state index in [0.29, 0.717) is 17.1 Å². The van der Waals surface area contributed by atoms with Crippen molar-refractivity contribution in [3.05, 3.63) is 54.1 Å². The van der Waals surface area contributed by atoms with Gasteiger partial charge in [-0.1, -0.05) is 17.7 Å². The summed E-state index contributed by atoms with van der Waals surface area (Å²) in [6.07, 6.45) is 0. The van der Waals surface area contributed by atoms with Crippen LogP contribution in [0.5, 0.6) is 5.75 Å². The third-order valence-corrected chi connectivity index (χ3v) is 7.18. The molecule has 0 spiro atoms. The van der Waals surface area contributed by atoms with Crippen LogP contribution in [0.3, 0.4) is 0 Å². The number of benzene rings is 2. The lowest BCUT2D eigenvalue weighted by atomic mass is 10.1. The average molecular weight is 444 g/mol. The first-order valence-corrected chi connectivity index (χ1v) is 11.9. The highest BCUT2D eigenvalue weighted by Crippen LogP contribution is 2.35. The second kappa shape index (κ2) is 8.22. The molecule has 0 bridgehead atoms. The summed E-state index contributed by atoms with van der Waals surface area (Å²) in [6, 6.07) is 13.8. The van der Waals surface area contributed by atoms with E-state index in [2.05, 4.69) is 5.10 Å². The maximum Gasteiger partial charge on any atom is 0.376 e. The number of esters is 1. The highest BCUT2D eigenvalue weighted by Gasteiger charge is 2.50. The molecule has 0 N–H and O–H groups in total. The van der Waals surface area contributed by atoms with Crippen molar-refractivity contribution in [1.82, 2.24) is 0 Å². The Bertz CT molecular complexity index is 1100. The first kappa shape index (κ1) is 21.2. The normalized spacial score (nSPS) is 22.0. The first-order valence-electron chi connectivity index (χ1n) is 10.1. The number of carbonyl (C=O) groups is 1. The highest BCUT2D eigenvalue weighted by molar-refractivity contribution is 7.91. The number of carbonyl (C=O) groups excluding carboxylic acids is 1. The topological polar surface area (TPSA) is 88.5 Å². The van der Waals surface area contributed by atoms with E-state index >= 15 is 0 Å². The van der Waals surface area contributed by atoms with Crippen molar-refractivity contribution in [2.45, 2.75) is 25.9 Å². The van der Waals surface area contributed by atoms with E-state index in [0.717, 1.165) is 5.56 Å². The molecule has 1 saturated heterocycles. The predicted octanol–water partition coefficient (Wildman–Crippen LogP) is 2.37. The minimum Gasteiger partial charge on any atom is -0.497 e. The summed E-state index contributed by atoms with van der Waals surface area (Å²) in [5.41, 5.74) is 2.45. The van der Waals surface area contributed by atoms with E-state index in [1.807, 2.05) is 31.2 Å².